The van der Waals surface area contributed by atoms with Crippen molar-refractivity contribution in [2.75, 3.05) is 0 Å². The molecule has 0 nitrogen and oxygen atoms in total. The molecule has 3 heteroatoms. The van der Waals surface area contributed by atoms with Crippen molar-refractivity contribution in [3.05, 3.63) is 118 Å². The average Bonchev–Trinajstić information content (AvgIpc) is 3.25. The quantitative estimate of drug-likeness (QED) is 0.177. The van der Waals surface area contributed by atoms with Crippen LogP contribution in [-0.4, -0.2) is 0 Å². The molecule has 0 N–H and O–H groups in total. The Labute approximate surface area is 216 Å². The molecular formula is C28H22Cl2Hf. The van der Waals surface area contributed by atoms with Crippen LogP contribution in [0.2, 0.25) is 0 Å². The van der Waals surface area contributed by atoms with Crippen LogP contribution in [-0.2, 0) is 38.7 Å². The van der Waals surface area contributed by atoms with E-state index >= 15 is 0 Å². The average molecular weight is 608 g/mol. The molecule has 0 aliphatic heterocycles. The topological polar surface area (TPSA) is 0 Å². The van der Waals surface area contributed by atoms with Crippen molar-refractivity contribution in [3.8, 4) is 22.3 Å². The molecule has 2 aliphatic rings. The Morgan fingerprint density at radius 2 is 0.903 bits per heavy atom. The zero-order valence-electron chi connectivity index (χ0n) is 17.6. The zero-order valence-corrected chi connectivity index (χ0v) is 22.7. The summed E-state index contributed by atoms with van der Waals surface area (Å²) in [6.45, 7) is 4.20. The van der Waals surface area contributed by atoms with E-state index in [4.69, 9.17) is 0 Å². The van der Waals surface area contributed by atoms with Crippen LogP contribution in [0.3, 0.4) is 0 Å². The van der Waals surface area contributed by atoms with Crippen molar-refractivity contribution in [1.29, 1.82) is 0 Å². The second-order valence-electron chi connectivity index (χ2n) is 7.73. The Kier molecular flexibility index (Phi) is 8.89. The summed E-state index contributed by atoms with van der Waals surface area (Å²) in [5.41, 5.74) is 13.6. The van der Waals surface area contributed by atoms with Crippen molar-refractivity contribution < 1.29 is 50.7 Å². The fraction of sp³-hybridized carbons (Fsp3) is 0.143. The molecule has 2 aliphatic carbocycles. The predicted octanol–water partition coefficient (Wildman–Crippen LogP) is 0.738. The third-order valence-corrected chi connectivity index (χ3v) is 5.70. The largest absolute Gasteiger partial charge is 4.00 e. The van der Waals surface area contributed by atoms with Gasteiger partial charge < -0.3 is 24.8 Å². The van der Waals surface area contributed by atoms with Crippen molar-refractivity contribution in [1.82, 2.24) is 0 Å². The van der Waals surface area contributed by atoms with Gasteiger partial charge in [-0.25, -0.2) is 0 Å². The van der Waals surface area contributed by atoms with E-state index < -0.39 is 0 Å². The summed E-state index contributed by atoms with van der Waals surface area (Å²) < 4.78 is 0. The summed E-state index contributed by atoms with van der Waals surface area (Å²) in [5, 5.41) is 0. The van der Waals surface area contributed by atoms with Gasteiger partial charge in [0.15, 0.2) is 0 Å². The predicted molar refractivity (Wildman–Crippen MR) is 117 cm³/mol. The molecule has 31 heavy (non-hydrogen) atoms. The van der Waals surface area contributed by atoms with Crippen LogP contribution in [0.25, 0.3) is 22.3 Å². The van der Waals surface area contributed by atoms with Crippen LogP contribution in [0.1, 0.15) is 33.4 Å². The van der Waals surface area contributed by atoms with Gasteiger partial charge in [0.25, 0.3) is 0 Å². The van der Waals surface area contributed by atoms with E-state index in [-0.39, 0.29) is 50.7 Å². The second kappa shape index (κ2) is 10.8. The van der Waals surface area contributed by atoms with E-state index in [0.717, 1.165) is 12.8 Å². The molecule has 0 unspecified atom stereocenters. The normalized spacial score (nSPS) is 11.2. The second-order valence-corrected chi connectivity index (χ2v) is 7.73. The smallest absolute Gasteiger partial charge is 1.00 e. The Balaban J connectivity index is 0.000000201. The Morgan fingerprint density at radius 3 is 1.32 bits per heavy atom. The van der Waals surface area contributed by atoms with Crippen LogP contribution in [0.4, 0.5) is 0 Å². The first-order valence-electron chi connectivity index (χ1n) is 9.89. The zero-order chi connectivity index (χ0) is 19.1. The van der Waals surface area contributed by atoms with Crippen molar-refractivity contribution >= 4 is 0 Å². The third-order valence-electron chi connectivity index (χ3n) is 5.70. The monoisotopic (exact) mass is 608 g/mol. The number of fused-ring (bicyclic) bond motifs is 6. The Hall–Kier alpha value is -1.67. The van der Waals surface area contributed by atoms with Gasteiger partial charge in [-0.15, -0.1) is 22.3 Å². The Morgan fingerprint density at radius 1 is 0.516 bits per heavy atom. The van der Waals surface area contributed by atoms with Crippen LogP contribution in [0.5, 0.6) is 0 Å². The fourth-order valence-electron chi connectivity index (χ4n) is 4.35. The number of rotatable bonds is 0. The molecule has 0 amide bonds. The van der Waals surface area contributed by atoms with Crippen LogP contribution >= 0.6 is 0 Å². The number of aryl methyl sites for hydroxylation is 2. The fourth-order valence-corrected chi connectivity index (χ4v) is 4.35. The minimum absolute atomic E-state index is 0. The molecule has 6 rings (SSSR count). The molecular weight excluding hydrogens is 586 g/mol. The molecule has 0 spiro atoms. The first-order valence-corrected chi connectivity index (χ1v) is 9.89. The summed E-state index contributed by atoms with van der Waals surface area (Å²) >= 11 is 0. The van der Waals surface area contributed by atoms with E-state index in [1.807, 2.05) is 0 Å². The molecule has 0 fully saturated rings. The minimum Gasteiger partial charge on any atom is -1.00 e. The SMILES string of the molecule is Cc1[c-]c2c(cc1)-c1ccccc1C2.Cc1[c-]c2c(cc1)-c1ccccc1C2.[Cl-].[Cl-].[Hf+4]. The van der Waals surface area contributed by atoms with E-state index in [1.54, 1.807) is 0 Å². The summed E-state index contributed by atoms with van der Waals surface area (Å²) in [6, 6.07) is 32.8. The molecule has 0 atom stereocenters. The van der Waals surface area contributed by atoms with E-state index in [2.05, 4.69) is 98.8 Å². The van der Waals surface area contributed by atoms with Gasteiger partial charge in [0, 0.05) is 0 Å². The third kappa shape index (κ3) is 5.06. The van der Waals surface area contributed by atoms with Crippen molar-refractivity contribution in [2.45, 2.75) is 26.7 Å². The molecule has 0 bridgehead atoms. The summed E-state index contributed by atoms with van der Waals surface area (Å²) in [7, 11) is 0. The van der Waals surface area contributed by atoms with E-state index in [1.165, 1.54) is 55.6 Å². The summed E-state index contributed by atoms with van der Waals surface area (Å²) in [6.07, 6.45) is 2.10. The van der Waals surface area contributed by atoms with Gasteiger partial charge in [0.1, 0.15) is 0 Å². The summed E-state index contributed by atoms with van der Waals surface area (Å²) in [4.78, 5) is 0. The van der Waals surface area contributed by atoms with Gasteiger partial charge in [-0.2, -0.15) is 47.5 Å². The number of halogens is 2. The maximum atomic E-state index is 3.43. The molecule has 4 aromatic carbocycles. The van der Waals surface area contributed by atoms with Gasteiger partial charge in [-0.1, -0.05) is 84.6 Å². The van der Waals surface area contributed by atoms with Gasteiger partial charge in [0.05, 0.1) is 0 Å². The molecule has 0 aromatic heterocycles. The van der Waals surface area contributed by atoms with Gasteiger partial charge in [-0.3, -0.25) is 0 Å². The van der Waals surface area contributed by atoms with Crippen molar-refractivity contribution in [2.24, 2.45) is 0 Å². The van der Waals surface area contributed by atoms with E-state index in [0.29, 0.717) is 0 Å². The molecule has 0 saturated heterocycles. The van der Waals surface area contributed by atoms with Crippen molar-refractivity contribution in [3.63, 3.8) is 0 Å². The molecule has 0 radical (unpaired) electrons. The van der Waals surface area contributed by atoms with Crippen LogP contribution in [0, 0.1) is 26.0 Å². The molecule has 0 heterocycles. The first kappa shape index (κ1) is 25.6. The number of benzene rings is 4. The summed E-state index contributed by atoms with van der Waals surface area (Å²) in [5.74, 6) is 0. The van der Waals surface area contributed by atoms with Crippen LogP contribution < -0.4 is 24.8 Å². The van der Waals surface area contributed by atoms with Gasteiger partial charge in [-0.05, 0) is 12.8 Å². The number of hydrogen-bond donors (Lipinski definition) is 0. The molecule has 0 saturated carbocycles. The molecule has 4 aromatic rings. The minimum atomic E-state index is 0. The maximum Gasteiger partial charge on any atom is 4.00 e. The standard InChI is InChI=1S/2C14H11.2ClH.Hf/c2*1-10-6-7-14-12(8-10)9-11-4-2-3-5-13(11)14;;;/h2*2-7H,9H2,1H3;2*1H;/q2*-1;;;+4/p-2. The molecule has 152 valence electrons. The number of hydrogen-bond acceptors (Lipinski definition) is 0. The Bertz CT molecular complexity index is 1100. The maximum absolute atomic E-state index is 3.43. The van der Waals surface area contributed by atoms with Gasteiger partial charge in [0.2, 0.25) is 0 Å². The first-order chi connectivity index (χ1) is 13.7. The van der Waals surface area contributed by atoms with Gasteiger partial charge >= 0.3 is 25.8 Å². The van der Waals surface area contributed by atoms with Crippen LogP contribution in [0.15, 0.2) is 72.8 Å². The van der Waals surface area contributed by atoms with E-state index in [9.17, 15) is 0 Å².